The third-order valence-corrected chi connectivity index (χ3v) is 3.56. The van der Waals surface area contributed by atoms with Crippen LogP contribution in [0.2, 0.25) is 0 Å². The normalized spacial score (nSPS) is 23.9. The van der Waals surface area contributed by atoms with Gasteiger partial charge >= 0.3 is 12.0 Å². The molecule has 23 heavy (non-hydrogen) atoms. The minimum absolute atomic E-state index is 0.0285. The smallest absolute Gasteiger partial charge is 0.315 e. The molecule has 0 saturated heterocycles. The number of ether oxygens (including phenoxy) is 1. The highest BCUT2D eigenvalue weighted by molar-refractivity contribution is 5.75. The third kappa shape index (κ3) is 4.95. The molecule has 1 aliphatic carbocycles. The number of nitrogens with one attached hydrogen (secondary N) is 2. The average molecular weight is 324 g/mol. The quantitative estimate of drug-likeness (QED) is 0.728. The van der Waals surface area contributed by atoms with Crippen molar-refractivity contribution in [2.45, 2.75) is 57.4 Å². The number of carboxylic acids is 1. The molecule has 3 unspecified atom stereocenters. The van der Waals surface area contributed by atoms with E-state index in [2.05, 4.69) is 15.7 Å². The lowest BCUT2D eigenvalue weighted by Gasteiger charge is -2.46. The van der Waals surface area contributed by atoms with Gasteiger partial charge in [-0.1, -0.05) is 0 Å². The second-order valence-corrected chi connectivity index (χ2v) is 6.63. The van der Waals surface area contributed by atoms with Crippen molar-refractivity contribution in [1.82, 2.24) is 20.4 Å². The van der Waals surface area contributed by atoms with E-state index in [1.807, 2.05) is 33.0 Å². The van der Waals surface area contributed by atoms with Gasteiger partial charge < -0.3 is 20.5 Å². The van der Waals surface area contributed by atoms with Gasteiger partial charge in [-0.3, -0.25) is 9.48 Å². The van der Waals surface area contributed by atoms with Gasteiger partial charge in [-0.05, 0) is 33.3 Å². The second kappa shape index (κ2) is 6.99. The summed E-state index contributed by atoms with van der Waals surface area (Å²) >= 11 is 0. The molecule has 0 radical (unpaired) electrons. The van der Waals surface area contributed by atoms with Crippen LogP contribution in [0.25, 0.3) is 0 Å². The standard InChI is InChI=1S/C15H24N4O4/c1-15(2,3)23-11-9-10(13(11)19-8-4-6-17-19)18-14(22)16-7-5-12(20)21/h4,6,8,10-11,13H,5,7,9H2,1-3H3,(H,20,21)(H2,16,18,22). The Hall–Kier alpha value is -2.09. The number of amides is 2. The molecule has 0 aliphatic heterocycles. The van der Waals surface area contributed by atoms with E-state index in [-0.39, 0.29) is 42.8 Å². The number of aliphatic carboxylic acids is 1. The summed E-state index contributed by atoms with van der Waals surface area (Å²) < 4.78 is 7.82. The highest BCUT2D eigenvalue weighted by atomic mass is 16.5. The van der Waals surface area contributed by atoms with Gasteiger partial charge in [-0.2, -0.15) is 5.10 Å². The maximum absolute atomic E-state index is 11.8. The van der Waals surface area contributed by atoms with Crippen LogP contribution in [0.4, 0.5) is 4.79 Å². The van der Waals surface area contributed by atoms with E-state index in [9.17, 15) is 9.59 Å². The molecule has 2 amide bonds. The molecule has 0 spiro atoms. The number of rotatable bonds is 6. The molecule has 1 aromatic heterocycles. The lowest BCUT2D eigenvalue weighted by atomic mass is 9.82. The lowest BCUT2D eigenvalue weighted by molar-refractivity contribution is -0.136. The summed E-state index contributed by atoms with van der Waals surface area (Å²) in [5.74, 6) is -0.943. The lowest BCUT2D eigenvalue weighted by Crippen LogP contribution is -2.59. The number of carbonyl (C=O) groups is 2. The van der Waals surface area contributed by atoms with Crippen molar-refractivity contribution in [1.29, 1.82) is 0 Å². The minimum Gasteiger partial charge on any atom is -0.481 e. The van der Waals surface area contributed by atoms with E-state index >= 15 is 0 Å². The van der Waals surface area contributed by atoms with E-state index in [1.165, 1.54) is 0 Å². The van der Waals surface area contributed by atoms with Crippen molar-refractivity contribution in [2.24, 2.45) is 0 Å². The zero-order valence-corrected chi connectivity index (χ0v) is 13.7. The average Bonchev–Trinajstić information content (AvgIpc) is 2.88. The van der Waals surface area contributed by atoms with E-state index < -0.39 is 5.97 Å². The number of urea groups is 1. The number of hydrogen-bond donors (Lipinski definition) is 3. The van der Waals surface area contributed by atoms with Crippen molar-refractivity contribution in [3.63, 3.8) is 0 Å². The molecule has 1 aliphatic rings. The zero-order chi connectivity index (χ0) is 17.0. The number of carboxylic acid groups (broad SMARTS) is 1. The van der Waals surface area contributed by atoms with Gasteiger partial charge in [0.15, 0.2) is 0 Å². The van der Waals surface area contributed by atoms with Crippen LogP contribution in [-0.4, -0.2) is 51.2 Å². The van der Waals surface area contributed by atoms with Crippen LogP contribution in [0, 0.1) is 0 Å². The van der Waals surface area contributed by atoms with Crippen LogP contribution in [0.5, 0.6) is 0 Å². The predicted octanol–water partition coefficient (Wildman–Crippen LogP) is 1.15. The molecule has 2 rings (SSSR count). The van der Waals surface area contributed by atoms with E-state index in [0.29, 0.717) is 6.42 Å². The summed E-state index contributed by atoms with van der Waals surface area (Å²) in [7, 11) is 0. The maximum Gasteiger partial charge on any atom is 0.315 e. The largest absolute Gasteiger partial charge is 0.481 e. The summed E-state index contributed by atoms with van der Waals surface area (Å²) in [6.07, 6.45) is 4.10. The summed E-state index contributed by atoms with van der Waals surface area (Å²) in [5, 5.41) is 18.2. The monoisotopic (exact) mass is 324 g/mol. The first-order valence-corrected chi connectivity index (χ1v) is 7.69. The van der Waals surface area contributed by atoms with Gasteiger partial charge in [0, 0.05) is 18.9 Å². The van der Waals surface area contributed by atoms with Gasteiger partial charge in [-0.15, -0.1) is 0 Å². The molecule has 0 aromatic carbocycles. The fourth-order valence-electron chi connectivity index (χ4n) is 2.62. The molecule has 3 atom stereocenters. The topological polar surface area (TPSA) is 105 Å². The number of hydrogen-bond acceptors (Lipinski definition) is 4. The first-order valence-electron chi connectivity index (χ1n) is 7.69. The Morgan fingerprint density at radius 2 is 2.17 bits per heavy atom. The zero-order valence-electron chi connectivity index (χ0n) is 13.7. The van der Waals surface area contributed by atoms with Crippen molar-refractivity contribution >= 4 is 12.0 Å². The summed E-state index contributed by atoms with van der Waals surface area (Å²) in [6.45, 7) is 6.08. The molecule has 1 fully saturated rings. The van der Waals surface area contributed by atoms with Crippen LogP contribution in [0.3, 0.4) is 0 Å². The van der Waals surface area contributed by atoms with Crippen molar-refractivity contribution in [3.05, 3.63) is 18.5 Å². The Bertz CT molecular complexity index is 538. The highest BCUT2D eigenvalue weighted by Gasteiger charge is 2.46. The second-order valence-electron chi connectivity index (χ2n) is 6.63. The van der Waals surface area contributed by atoms with Crippen molar-refractivity contribution in [3.8, 4) is 0 Å². The van der Waals surface area contributed by atoms with Gasteiger partial charge in [-0.25, -0.2) is 4.79 Å². The van der Waals surface area contributed by atoms with Crippen LogP contribution in [-0.2, 0) is 9.53 Å². The van der Waals surface area contributed by atoms with Crippen LogP contribution >= 0.6 is 0 Å². The molecule has 3 N–H and O–H groups in total. The fraction of sp³-hybridized carbons (Fsp3) is 0.667. The Morgan fingerprint density at radius 1 is 1.43 bits per heavy atom. The first-order chi connectivity index (χ1) is 10.8. The highest BCUT2D eigenvalue weighted by Crippen LogP contribution is 2.37. The Labute approximate surface area is 135 Å². The SMILES string of the molecule is CC(C)(C)OC1CC(NC(=O)NCCC(=O)O)C1n1cccn1. The molecular weight excluding hydrogens is 300 g/mol. The molecule has 1 aromatic rings. The summed E-state index contributed by atoms with van der Waals surface area (Å²) in [4.78, 5) is 22.3. The fourth-order valence-corrected chi connectivity index (χ4v) is 2.62. The number of aromatic nitrogens is 2. The Morgan fingerprint density at radius 3 is 2.74 bits per heavy atom. The third-order valence-electron chi connectivity index (χ3n) is 3.56. The number of nitrogens with zero attached hydrogens (tertiary/aromatic N) is 2. The molecule has 128 valence electrons. The molecule has 1 heterocycles. The van der Waals surface area contributed by atoms with Gasteiger partial charge in [0.1, 0.15) is 0 Å². The minimum atomic E-state index is -0.943. The van der Waals surface area contributed by atoms with Crippen LogP contribution in [0.15, 0.2) is 18.5 Å². The Balaban J connectivity index is 1.91. The molecule has 0 bridgehead atoms. The van der Waals surface area contributed by atoms with Crippen LogP contribution < -0.4 is 10.6 Å². The van der Waals surface area contributed by atoms with Gasteiger partial charge in [0.05, 0.1) is 30.2 Å². The maximum atomic E-state index is 11.8. The van der Waals surface area contributed by atoms with Crippen molar-refractivity contribution in [2.75, 3.05) is 6.54 Å². The van der Waals surface area contributed by atoms with Gasteiger partial charge in [0.2, 0.25) is 0 Å². The molecule has 1 saturated carbocycles. The van der Waals surface area contributed by atoms with E-state index in [1.54, 1.807) is 10.9 Å². The first kappa shape index (κ1) is 17.3. The molecule has 8 heteroatoms. The van der Waals surface area contributed by atoms with Gasteiger partial charge in [0.25, 0.3) is 0 Å². The summed E-state index contributed by atoms with van der Waals surface area (Å²) in [6, 6.07) is 1.28. The van der Waals surface area contributed by atoms with E-state index in [4.69, 9.17) is 9.84 Å². The molecular formula is C15H24N4O4. The van der Waals surface area contributed by atoms with Crippen LogP contribution in [0.1, 0.15) is 39.7 Å². The predicted molar refractivity (Wildman–Crippen MR) is 83.1 cm³/mol. The number of carbonyl (C=O) groups excluding carboxylic acids is 1. The van der Waals surface area contributed by atoms with E-state index in [0.717, 1.165) is 0 Å². The molecule has 8 nitrogen and oxygen atoms in total. The Kier molecular flexibility index (Phi) is 5.25. The van der Waals surface area contributed by atoms with Crippen molar-refractivity contribution < 1.29 is 19.4 Å². The summed E-state index contributed by atoms with van der Waals surface area (Å²) in [5.41, 5.74) is -0.273.